The van der Waals surface area contributed by atoms with Crippen molar-refractivity contribution in [3.63, 3.8) is 0 Å². The van der Waals surface area contributed by atoms with Gasteiger partial charge in [-0.25, -0.2) is 14.6 Å². The van der Waals surface area contributed by atoms with Crippen LogP contribution in [0.4, 0.5) is 5.82 Å². The van der Waals surface area contributed by atoms with Crippen LogP contribution in [0.15, 0.2) is 71.2 Å². The Kier molecular flexibility index (Phi) is 5.12. The van der Waals surface area contributed by atoms with Gasteiger partial charge in [-0.05, 0) is 37.1 Å². The van der Waals surface area contributed by atoms with Crippen LogP contribution in [0.3, 0.4) is 0 Å². The van der Waals surface area contributed by atoms with Crippen molar-refractivity contribution in [3.05, 3.63) is 72.0 Å². The molecule has 4 aromatic rings. The van der Waals surface area contributed by atoms with Crippen LogP contribution in [0.2, 0.25) is 5.02 Å². The van der Waals surface area contributed by atoms with E-state index in [1.807, 2.05) is 55.1 Å². The molecule has 2 aliphatic heterocycles. The molecule has 1 saturated heterocycles. The van der Waals surface area contributed by atoms with E-state index in [1.165, 1.54) is 11.8 Å². The lowest BCUT2D eigenvalue weighted by Gasteiger charge is -2.41. The number of nitrogens with zero attached hydrogens (tertiary/aromatic N) is 7. The monoisotopic (exact) mass is 478 g/mol. The molecule has 1 atom stereocenters. The van der Waals surface area contributed by atoms with Crippen LogP contribution in [-0.4, -0.2) is 42.6 Å². The minimum atomic E-state index is 0.0502. The highest BCUT2D eigenvalue weighted by molar-refractivity contribution is 7.99. The minimum Gasteiger partial charge on any atom is -0.355 e. The Bertz CT molecular complexity index is 1260. The number of fused-ring (bicyclic) bond motifs is 1. The first kappa shape index (κ1) is 20.7. The Labute approximate surface area is 200 Å². The first-order valence-corrected chi connectivity index (χ1v) is 12.1. The topological polar surface area (TPSA) is 90.7 Å². The van der Waals surface area contributed by atoms with Gasteiger partial charge >= 0.3 is 0 Å². The van der Waals surface area contributed by atoms with Crippen molar-refractivity contribution in [2.75, 3.05) is 18.0 Å². The fourth-order valence-corrected chi connectivity index (χ4v) is 6.01. The summed E-state index contributed by atoms with van der Waals surface area (Å²) in [5.41, 5.74) is 8.69. The first-order valence-electron chi connectivity index (χ1n) is 10.9. The molecule has 0 amide bonds. The van der Waals surface area contributed by atoms with Crippen molar-refractivity contribution in [2.24, 2.45) is 11.1 Å². The molecule has 0 saturated carbocycles. The van der Waals surface area contributed by atoms with E-state index < -0.39 is 0 Å². The van der Waals surface area contributed by atoms with Gasteiger partial charge in [0.25, 0.3) is 0 Å². The number of rotatable bonds is 4. The standard InChI is InChI=1S/C23H23ClN8S/c24-21-16(31-10-2-8-28-31)3-1-4-18(21)33-20-14-26-19(13-27-20)30-11-6-23(7-12-30)15-32-17(22(23)25)5-9-29-32/h1-5,8-10,13-14,22H,6-7,11-12,15,25H2. The predicted molar refractivity (Wildman–Crippen MR) is 128 cm³/mol. The molecule has 0 bridgehead atoms. The quantitative estimate of drug-likeness (QED) is 0.474. The number of benzene rings is 1. The van der Waals surface area contributed by atoms with E-state index in [2.05, 4.69) is 24.8 Å². The number of anilines is 1. The zero-order valence-electron chi connectivity index (χ0n) is 17.9. The lowest BCUT2D eigenvalue weighted by molar-refractivity contribution is 0.170. The van der Waals surface area contributed by atoms with Gasteiger partial charge in [-0.15, -0.1) is 0 Å². The average Bonchev–Trinajstić information content (AvgIpc) is 3.57. The summed E-state index contributed by atoms with van der Waals surface area (Å²) in [6, 6.07) is 9.86. The van der Waals surface area contributed by atoms with Gasteiger partial charge in [0.2, 0.25) is 0 Å². The lowest BCUT2D eigenvalue weighted by atomic mass is 9.73. The Hall–Kier alpha value is -2.88. The lowest BCUT2D eigenvalue weighted by Crippen LogP contribution is -2.45. The zero-order valence-corrected chi connectivity index (χ0v) is 19.5. The SMILES string of the molecule is NC1c2ccnn2CC12CCN(c1cnc(Sc3cccc(-n4cccn4)c3Cl)cn1)CC2. The van der Waals surface area contributed by atoms with Gasteiger partial charge in [0.05, 0.1) is 34.8 Å². The van der Waals surface area contributed by atoms with E-state index in [0.717, 1.165) is 59.6 Å². The molecule has 168 valence electrons. The Morgan fingerprint density at radius 3 is 2.64 bits per heavy atom. The summed E-state index contributed by atoms with van der Waals surface area (Å²) >= 11 is 8.14. The molecular weight excluding hydrogens is 456 g/mol. The summed E-state index contributed by atoms with van der Waals surface area (Å²) in [6.07, 6.45) is 11.2. The maximum absolute atomic E-state index is 6.65. The van der Waals surface area contributed by atoms with Gasteiger partial charge in [-0.3, -0.25) is 4.68 Å². The van der Waals surface area contributed by atoms with E-state index in [-0.39, 0.29) is 11.5 Å². The summed E-state index contributed by atoms with van der Waals surface area (Å²) in [6.45, 7) is 2.73. The molecule has 0 radical (unpaired) electrons. The van der Waals surface area contributed by atoms with E-state index in [0.29, 0.717) is 5.02 Å². The first-order chi connectivity index (χ1) is 16.1. The molecule has 1 spiro atoms. The van der Waals surface area contributed by atoms with E-state index in [9.17, 15) is 0 Å². The van der Waals surface area contributed by atoms with E-state index in [4.69, 9.17) is 22.3 Å². The Balaban J connectivity index is 1.13. The van der Waals surface area contributed by atoms with Gasteiger partial charge in [-0.2, -0.15) is 10.2 Å². The molecule has 1 aromatic carbocycles. The third-order valence-corrected chi connectivity index (χ3v) is 8.29. The van der Waals surface area contributed by atoms with Crippen molar-refractivity contribution in [1.82, 2.24) is 29.5 Å². The van der Waals surface area contributed by atoms with Crippen molar-refractivity contribution < 1.29 is 0 Å². The molecule has 8 nitrogen and oxygen atoms in total. The van der Waals surface area contributed by atoms with Gasteiger partial charge in [-0.1, -0.05) is 29.4 Å². The normalized spacial score (nSPS) is 19.2. The highest BCUT2D eigenvalue weighted by Gasteiger charge is 2.46. The molecule has 33 heavy (non-hydrogen) atoms. The van der Waals surface area contributed by atoms with E-state index >= 15 is 0 Å². The molecule has 6 rings (SSSR count). The summed E-state index contributed by atoms with van der Waals surface area (Å²) in [5.74, 6) is 0.898. The predicted octanol–water partition coefficient (Wildman–Crippen LogP) is 3.96. The molecule has 2 N–H and O–H groups in total. The van der Waals surface area contributed by atoms with Crippen LogP contribution in [0.25, 0.3) is 5.69 Å². The molecule has 1 unspecified atom stereocenters. The highest BCUT2D eigenvalue weighted by atomic mass is 35.5. The van der Waals surface area contributed by atoms with Crippen molar-refractivity contribution >= 4 is 29.2 Å². The number of nitrogens with two attached hydrogens (primary N) is 1. The fraction of sp³-hybridized carbons (Fsp3) is 0.304. The van der Waals surface area contributed by atoms with Crippen molar-refractivity contribution in [2.45, 2.75) is 35.3 Å². The van der Waals surface area contributed by atoms with Crippen LogP contribution in [-0.2, 0) is 6.54 Å². The van der Waals surface area contributed by atoms with Crippen LogP contribution < -0.4 is 10.6 Å². The molecule has 3 aromatic heterocycles. The maximum Gasteiger partial charge on any atom is 0.147 e. The third kappa shape index (κ3) is 3.60. The molecule has 0 aliphatic carbocycles. The highest BCUT2D eigenvalue weighted by Crippen LogP contribution is 2.47. The van der Waals surface area contributed by atoms with Crippen LogP contribution >= 0.6 is 23.4 Å². The van der Waals surface area contributed by atoms with Crippen LogP contribution in [0.5, 0.6) is 0 Å². The zero-order chi connectivity index (χ0) is 22.4. The minimum absolute atomic E-state index is 0.0502. The molecule has 10 heteroatoms. The number of hydrogen-bond donors (Lipinski definition) is 1. The largest absolute Gasteiger partial charge is 0.355 e. The average molecular weight is 479 g/mol. The second-order valence-electron chi connectivity index (χ2n) is 8.60. The van der Waals surface area contributed by atoms with E-state index in [1.54, 1.807) is 10.9 Å². The van der Waals surface area contributed by atoms with Crippen molar-refractivity contribution in [3.8, 4) is 5.69 Å². The summed E-state index contributed by atoms with van der Waals surface area (Å²) in [5, 5.41) is 10.1. The van der Waals surface area contributed by atoms with Gasteiger partial charge in [0, 0.05) is 48.5 Å². The molecular formula is C23H23ClN8S. The van der Waals surface area contributed by atoms with Crippen LogP contribution in [0.1, 0.15) is 24.6 Å². The summed E-state index contributed by atoms with van der Waals surface area (Å²) < 4.78 is 3.83. The van der Waals surface area contributed by atoms with Gasteiger partial charge in [0.1, 0.15) is 10.8 Å². The fourth-order valence-electron chi connectivity index (χ4n) is 4.90. The Morgan fingerprint density at radius 1 is 1.03 bits per heavy atom. The summed E-state index contributed by atoms with van der Waals surface area (Å²) in [4.78, 5) is 12.6. The second-order valence-corrected chi connectivity index (χ2v) is 10.0. The second kappa shape index (κ2) is 8.16. The molecule has 1 fully saturated rings. The third-order valence-electron chi connectivity index (χ3n) is 6.80. The number of hydrogen-bond acceptors (Lipinski definition) is 7. The number of halogens is 1. The maximum atomic E-state index is 6.65. The number of piperidine rings is 1. The molecule has 5 heterocycles. The summed E-state index contributed by atoms with van der Waals surface area (Å²) in [7, 11) is 0. The van der Waals surface area contributed by atoms with Gasteiger partial charge in [0.15, 0.2) is 0 Å². The molecule has 2 aliphatic rings. The Morgan fingerprint density at radius 2 is 1.91 bits per heavy atom. The van der Waals surface area contributed by atoms with Crippen molar-refractivity contribution in [1.29, 1.82) is 0 Å². The number of aromatic nitrogens is 6. The van der Waals surface area contributed by atoms with Gasteiger partial charge < -0.3 is 10.6 Å². The smallest absolute Gasteiger partial charge is 0.147 e. The van der Waals surface area contributed by atoms with Crippen LogP contribution in [0, 0.1) is 5.41 Å².